The first-order chi connectivity index (χ1) is 12.0. The summed E-state index contributed by atoms with van der Waals surface area (Å²) in [5, 5.41) is 3.16. The van der Waals surface area contributed by atoms with Gasteiger partial charge in [-0.05, 0) is 30.3 Å². The summed E-state index contributed by atoms with van der Waals surface area (Å²) in [6, 6.07) is 11.0. The zero-order valence-electron chi connectivity index (χ0n) is 12.8. The summed E-state index contributed by atoms with van der Waals surface area (Å²) in [5.41, 5.74) is 0.735. The summed E-state index contributed by atoms with van der Waals surface area (Å²) in [7, 11) is 0. The standard InChI is InChI=1S/C17H13Cl2NO5/c18-13-6-5-12(7-14(13)19)20-16(22)9-25-17(23)10-24-15-4-2-1-3-11(15)8-21/h1-8H,9-10H2,(H,20,22). The normalized spacial score (nSPS) is 10.0. The van der Waals surface area contributed by atoms with Gasteiger partial charge in [-0.3, -0.25) is 9.59 Å². The molecule has 2 aromatic rings. The highest BCUT2D eigenvalue weighted by molar-refractivity contribution is 6.42. The van der Waals surface area contributed by atoms with E-state index in [0.29, 0.717) is 27.6 Å². The first-order valence-corrected chi connectivity index (χ1v) is 7.82. The minimum atomic E-state index is -0.745. The molecule has 0 radical (unpaired) electrons. The number of halogens is 2. The topological polar surface area (TPSA) is 81.7 Å². The molecule has 6 nitrogen and oxygen atoms in total. The van der Waals surface area contributed by atoms with Crippen molar-refractivity contribution in [2.45, 2.75) is 0 Å². The van der Waals surface area contributed by atoms with Gasteiger partial charge in [0, 0.05) is 5.69 Å². The maximum absolute atomic E-state index is 11.7. The third-order valence-electron chi connectivity index (χ3n) is 2.96. The van der Waals surface area contributed by atoms with Gasteiger partial charge >= 0.3 is 5.97 Å². The second kappa shape index (κ2) is 9.05. The number of aldehydes is 1. The van der Waals surface area contributed by atoms with E-state index in [4.69, 9.17) is 32.7 Å². The van der Waals surface area contributed by atoms with Crippen LogP contribution in [0.2, 0.25) is 10.0 Å². The van der Waals surface area contributed by atoms with Crippen LogP contribution in [0, 0.1) is 0 Å². The number of ether oxygens (including phenoxy) is 2. The summed E-state index contributed by atoms with van der Waals surface area (Å²) in [6.45, 7) is -0.914. The maximum atomic E-state index is 11.7. The Morgan fingerprint density at radius 1 is 1.04 bits per heavy atom. The lowest BCUT2D eigenvalue weighted by Gasteiger charge is -2.09. The van der Waals surface area contributed by atoms with E-state index in [1.165, 1.54) is 12.1 Å². The molecule has 0 aromatic heterocycles. The van der Waals surface area contributed by atoms with Crippen molar-refractivity contribution >= 4 is 47.1 Å². The van der Waals surface area contributed by atoms with Crippen molar-refractivity contribution in [2.75, 3.05) is 18.5 Å². The molecular weight excluding hydrogens is 369 g/mol. The zero-order chi connectivity index (χ0) is 18.2. The van der Waals surface area contributed by atoms with Gasteiger partial charge in [0.1, 0.15) is 5.75 Å². The first kappa shape index (κ1) is 18.8. The van der Waals surface area contributed by atoms with Crippen LogP contribution in [0.3, 0.4) is 0 Å². The molecule has 2 aromatic carbocycles. The predicted molar refractivity (Wildman–Crippen MR) is 93.4 cm³/mol. The second-order valence-electron chi connectivity index (χ2n) is 4.78. The zero-order valence-corrected chi connectivity index (χ0v) is 14.3. The van der Waals surface area contributed by atoms with E-state index in [0.717, 1.165) is 0 Å². The second-order valence-corrected chi connectivity index (χ2v) is 5.60. The number of rotatable bonds is 7. The summed E-state index contributed by atoms with van der Waals surface area (Å²) < 4.78 is 10.0. The van der Waals surface area contributed by atoms with Crippen LogP contribution in [0.25, 0.3) is 0 Å². The molecule has 0 aliphatic heterocycles. The Hall–Kier alpha value is -2.57. The van der Waals surface area contributed by atoms with Crippen molar-refractivity contribution in [1.82, 2.24) is 0 Å². The number of hydrogen-bond donors (Lipinski definition) is 1. The van der Waals surface area contributed by atoms with Gasteiger partial charge in [0.15, 0.2) is 19.5 Å². The highest BCUT2D eigenvalue weighted by Crippen LogP contribution is 2.24. The van der Waals surface area contributed by atoms with Gasteiger partial charge in [0.05, 0.1) is 15.6 Å². The lowest BCUT2D eigenvalue weighted by molar-refractivity contribution is -0.149. The predicted octanol–water partition coefficient (Wildman–Crippen LogP) is 3.37. The fraction of sp³-hybridized carbons (Fsp3) is 0.118. The highest BCUT2D eigenvalue weighted by Gasteiger charge is 2.11. The monoisotopic (exact) mass is 381 g/mol. The van der Waals surface area contributed by atoms with Crippen LogP contribution in [0.1, 0.15) is 10.4 Å². The summed E-state index contributed by atoms with van der Waals surface area (Å²) in [5.74, 6) is -1.03. The largest absolute Gasteiger partial charge is 0.481 e. The molecule has 130 valence electrons. The molecular formula is C17H13Cl2NO5. The lowest BCUT2D eigenvalue weighted by atomic mass is 10.2. The van der Waals surface area contributed by atoms with E-state index in [-0.39, 0.29) is 5.75 Å². The summed E-state index contributed by atoms with van der Waals surface area (Å²) in [4.78, 5) is 34.2. The Kier molecular flexibility index (Phi) is 6.80. The first-order valence-electron chi connectivity index (χ1n) is 7.07. The van der Waals surface area contributed by atoms with Crippen LogP contribution in [-0.4, -0.2) is 31.4 Å². The van der Waals surface area contributed by atoms with Crippen molar-refractivity contribution in [3.63, 3.8) is 0 Å². The van der Waals surface area contributed by atoms with Gasteiger partial charge in [-0.15, -0.1) is 0 Å². The smallest absolute Gasteiger partial charge is 0.344 e. The molecule has 0 bridgehead atoms. The molecule has 0 fully saturated rings. The quantitative estimate of drug-likeness (QED) is 0.587. The molecule has 0 heterocycles. The van der Waals surface area contributed by atoms with Crippen LogP contribution in [0.4, 0.5) is 5.69 Å². The van der Waals surface area contributed by atoms with Gasteiger partial charge < -0.3 is 14.8 Å². The summed E-state index contributed by atoms with van der Waals surface area (Å²) in [6.07, 6.45) is 0.616. The minimum Gasteiger partial charge on any atom is -0.481 e. The van der Waals surface area contributed by atoms with Crippen LogP contribution in [0.5, 0.6) is 5.75 Å². The van der Waals surface area contributed by atoms with Crippen LogP contribution in [-0.2, 0) is 14.3 Å². The van der Waals surface area contributed by atoms with E-state index >= 15 is 0 Å². The fourth-order valence-corrected chi connectivity index (χ4v) is 2.10. The number of amides is 1. The van der Waals surface area contributed by atoms with Gasteiger partial charge in [0.25, 0.3) is 5.91 Å². The summed E-state index contributed by atoms with van der Waals surface area (Å²) >= 11 is 11.6. The van der Waals surface area contributed by atoms with Gasteiger partial charge in [-0.25, -0.2) is 4.79 Å². The molecule has 0 saturated heterocycles. The number of nitrogens with one attached hydrogen (secondary N) is 1. The van der Waals surface area contributed by atoms with Crippen molar-refractivity contribution in [3.05, 3.63) is 58.1 Å². The average Bonchev–Trinajstić information content (AvgIpc) is 2.61. The van der Waals surface area contributed by atoms with Crippen molar-refractivity contribution in [2.24, 2.45) is 0 Å². The van der Waals surface area contributed by atoms with E-state index in [1.54, 1.807) is 30.3 Å². The van der Waals surface area contributed by atoms with E-state index in [2.05, 4.69) is 5.32 Å². The number of anilines is 1. The Morgan fingerprint density at radius 2 is 1.80 bits per heavy atom. The molecule has 2 rings (SSSR count). The minimum absolute atomic E-state index is 0.259. The van der Waals surface area contributed by atoms with E-state index < -0.39 is 25.1 Å². The van der Waals surface area contributed by atoms with Crippen LogP contribution >= 0.6 is 23.2 Å². The Morgan fingerprint density at radius 3 is 2.52 bits per heavy atom. The van der Waals surface area contributed by atoms with Crippen molar-refractivity contribution < 1.29 is 23.9 Å². The molecule has 1 N–H and O–H groups in total. The highest BCUT2D eigenvalue weighted by atomic mass is 35.5. The van der Waals surface area contributed by atoms with Gasteiger partial charge in [0.2, 0.25) is 0 Å². The fourth-order valence-electron chi connectivity index (χ4n) is 1.80. The average molecular weight is 382 g/mol. The number of benzene rings is 2. The van der Waals surface area contributed by atoms with Crippen molar-refractivity contribution in [1.29, 1.82) is 0 Å². The molecule has 0 atom stereocenters. The molecule has 0 saturated carbocycles. The molecule has 0 aliphatic rings. The number of para-hydroxylation sites is 1. The third-order valence-corrected chi connectivity index (χ3v) is 3.70. The number of hydrogen-bond acceptors (Lipinski definition) is 5. The number of esters is 1. The molecule has 0 unspecified atom stereocenters. The van der Waals surface area contributed by atoms with Gasteiger partial charge in [-0.2, -0.15) is 0 Å². The molecule has 25 heavy (non-hydrogen) atoms. The number of carbonyl (C=O) groups excluding carboxylic acids is 3. The molecule has 0 aliphatic carbocycles. The van der Waals surface area contributed by atoms with Gasteiger partial charge in [-0.1, -0.05) is 35.3 Å². The van der Waals surface area contributed by atoms with E-state index in [9.17, 15) is 14.4 Å². The Balaban J connectivity index is 1.78. The molecule has 0 spiro atoms. The van der Waals surface area contributed by atoms with Crippen molar-refractivity contribution in [3.8, 4) is 5.75 Å². The molecule has 8 heteroatoms. The molecule has 1 amide bonds. The van der Waals surface area contributed by atoms with Crippen LogP contribution < -0.4 is 10.1 Å². The third kappa shape index (κ3) is 5.77. The number of carbonyl (C=O) groups is 3. The SMILES string of the molecule is O=Cc1ccccc1OCC(=O)OCC(=O)Nc1ccc(Cl)c(Cl)c1. The Bertz CT molecular complexity index is 794. The Labute approximate surface area is 153 Å². The maximum Gasteiger partial charge on any atom is 0.344 e. The van der Waals surface area contributed by atoms with Crippen LogP contribution in [0.15, 0.2) is 42.5 Å². The lowest BCUT2D eigenvalue weighted by Crippen LogP contribution is -2.23. The van der Waals surface area contributed by atoms with E-state index in [1.807, 2.05) is 0 Å².